The van der Waals surface area contributed by atoms with Gasteiger partial charge in [-0.25, -0.2) is 0 Å². The van der Waals surface area contributed by atoms with Crippen molar-refractivity contribution in [1.82, 2.24) is 15.1 Å². The van der Waals surface area contributed by atoms with Gasteiger partial charge in [0.2, 0.25) is 17.6 Å². The Balaban J connectivity index is 1.56. The van der Waals surface area contributed by atoms with Crippen molar-refractivity contribution in [2.75, 3.05) is 11.4 Å². The number of carbonyl (C=O) groups is 1. The maximum atomic E-state index is 12.4. The van der Waals surface area contributed by atoms with Gasteiger partial charge in [-0.15, -0.1) is 0 Å². The number of hydrogen-bond donors (Lipinski definition) is 0. The first-order valence-corrected chi connectivity index (χ1v) is 8.31. The van der Waals surface area contributed by atoms with Crippen LogP contribution in [0.25, 0.3) is 11.5 Å². The number of anilines is 1. The fourth-order valence-electron chi connectivity index (χ4n) is 2.87. The molecular formula is C18H15ClN4O2. The molecule has 0 radical (unpaired) electrons. The summed E-state index contributed by atoms with van der Waals surface area (Å²) in [6.07, 6.45) is 2.00. The number of pyridine rings is 1. The summed E-state index contributed by atoms with van der Waals surface area (Å²) in [5.74, 6) is 0.759. The molecule has 4 rings (SSSR count). The van der Waals surface area contributed by atoms with Crippen LogP contribution >= 0.6 is 11.6 Å². The topological polar surface area (TPSA) is 72.1 Å². The second kappa shape index (κ2) is 6.29. The van der Waals surface area contributed by atoms with Gasteiger partial charge >= 0.3 is 0 Å². The second-order valence-corrected chi connectivity index (χ2v) is 6.42. The second-order valence-electron chi connectivity index (χ2n) is 6.01. The Morgan fingerprint density at radius 2 is 2.16 bits per heavy atom. The van der Waals surface area contributed by atoms with Gasteiger partial charge in [-0.2, -0.15) is 4.98 Å². The molecule has 1 saturated heterocycles. The molecule has 0 bridgehead atoms. The number of aromatic nitrogens is 3. The molecule has 1 aliphatic heterocycles. The molecule has 0 aliphatic carbocycles. The largest absolute Gasteiger partial charge is 0.339 e. The molecular weight excluding hydrogens is 340 g/mol. The number of rotatable bonds is 3. The van der Waals surface area contributed by atoms with Gasteiger partial charge in [0.05, 0.1) is 5.92 Å². The zero-order valence-corrected chi connectivity index (χ0v) is 14.3. The maximum absolute atomic E-state index is 12.4. The summed E-state index contributed by atoms with van der Waals surface area (Å²) < 4.78 is 5.37. The maximum Gasteiger partial charge on any atom is 0.232 e. The molecule has 1 fully saturated rings. The average Bonchev–Trinajstić information content (AvgIpc) is 3.25. The van der Waals surface area contributed by atoms with Crippen molar-refractivity contribution < 1.29 is 9.32 Å². The van der Waals surface area contributed by atoms with Crippen molar-refractivity contribution in [2.24, 2.45) is 0 Å². The van der Waals surface area contributed by atoms with E-state index in [-0.39, 0.29) is 11.8 Å². The number of benzene rings is 1. The van der Waals surface area contributed by atoms with Crippen LogP contribution in [0.4, 0.5) is 5.69 Å². The van der Waals surface area contributed by atoms with Crippen molar-refractivity contribution in [1.29, 1.82) is 0 Å². The Morgan fingerprint density at radius 3 is 2.92 bits per heavy atom. The van der Waals surface area contributed by atoms with Crippen LogP contribution in [0.2, 0.25) is 5.02 Å². The number of halogens is 1. The third-order valence-electron chi connectivity index (χ3n) is 4.28. The molecule has 0 spiro atoms. The highest BCUT2D eigenvalue weighted by atomic mass is 35.5. The smallest absolute Gasteiger partial charge is 0.232 e. The highest BCUT2D eigenvalue weighted by molar-refractivity contribution is 6.31. The highest BCUT2D eigenvalue weighted by Gasteiger charge is 2.35. The van der Waals surface area contributed by atoms with Gasteiger partial charge in [0.1, 0.15) is 5.69 Å². The molecule has 2 aromatic heterocycles. The molecule has 6 nitrogen and oxygen atoms in total. The summed E-state index contributed by atoms with van der Waals surface area (Å²) in [5.41, 5.74) is 2.40. The summed E-state index contributed by atoms with van der Waals surface area (Å²) in [5, 5.41) is 4.62. The van der Waals surface area contributed by atoms with E-state index in [2.05, 4.69) is 15.1 Å². The van der Waals surface area contributed by atoms with Crippen LogP contribution < -0.4 is 4.90 Å². The average molecular weight is 355 g/mol. The Bertz CT molecular complexity index is 926. The number of aryl methyl sites for hydroxylation is 1. The molecule has 3 aromatic rings. The number of nitrogens with zero attached hydrogens (tertiary/aromatic N) is 4. The third kappa shape index (κ3) is 3.00. The Morgan fingerprint density at radius 1 is 1.28 bits per heavy atom. The van der Waals surface area contributed by atoms with E-state index in [0.717, 1.165) is 11.3 Å². The predicted molar refractivity (Wildman–Crippen MR) is 93.4 cm³/mol. The lowest BCUT2D eigenvalue weighted by Gasteiger charge is -2.17. The molecule has 7 heteroatoms. The summed E-state index contributed by atoms with van der Waals surface area (Å²) >= 11 is 6.18. The standard InChI is InChI=1S/C18H15ClN4O2/c1-11-5-6-13(9-14(11)19)23-10-12(8-16(23)24)18-21-17(22-25-18)15-4-2-3-7-20-15/h2-7,9,12H,8,10H2,1H3. The van der Waals surface area contributed by atoms with Crippen LogP contribution in [0.15, 0.2) is 47.1 Å². The highest BCUT2D eigenvalue weighted by Crippen LogP contribution is 2.33. The minimum Gasteiger partial charge on any atom is -0.339 e. The monoisotopic (exact) mass is 354 g/mol. The molecule has 1 aliphatic rings. The minimum absolute atomic E-state index is 0.0162. The quantitative estimate of drug-likeness (QED) is 0.718. The minimum atomic E-state index is -0.141. The van der Waals surface area contributed by atoms with E-state index >= 15 is 0 Å². The van der Waals surface area contributed by atoms with Crippen LogP contribution in [0, 0.1) is 6.92 Å². The Hall–Kier alpha value is -2.73. The molecule has 0 N–H and O–H groups in total. The van der Waals surface area contributed by atoms with Gasteiger partial charge in [0.25, 0.3) is 0 Å². The Kier molecular flexibility index (Phi) is 3.97. The van der Waals surface area contributed by atoms with Gasteiger partial charge in [-0.05, 0) is 36.8 Å². The van der Waals surface area contributed by atoms with E-state index in [9.17, 15) is 4.79 Å². The lowest BCUT2D eigenvalue weighted by molar-refractivity contribution is -0.117. The van der Waals surface area contributed by atoms with Gasteiger partial charge in [-0.3, -0.25) is 9.78 Å². The van der Waals surface area contributed by atoms with Crippen LogP contribution in [0.3, 0.4) is 0 Å². The summed E-state index contributed by atoms with van der Waals surface area (Å²) in [7, 11) is 0. The van der Waals surface area contributed by atoms with E-state index in [4.69, 9.17) is 16.1 Å². The first-order valence-electron chi connectivity index (χ1n) is 7.93. The van der Waals surface area contributed by atoms with E-state index in [1.54, 1.807) is 11.1 Å². The van der Waals surface area contributed by atoms with E-state index < -0.39 is 0 Å². The normalized spacial score (nSPS) is 17.3. The molecule has 1 unspecified atom stereocenters. The summed E-state index contributed by atoms with van der Waals surface area (Å²) in [4.78, 5) is 22.7. The number of amides is 1. The molecule has 126 valence electrons. The van der Waals surface area contributed by atoms with Crippen LogP contribution in [-0.4, -0.2) is 27.6 Å². The van der Waals surface area contributed by atoms with Crippen molar-refractivity contribution >= 4 is 23.2 Å². The zero-order chi connectivity index (χ0) is 17.4. The van der Waals surface area contributed by atoms with E-state index in [1.807, 2.05) is 43.3 Å². The van der Waals surface area contributed by atoms with Crippen LogP contribution in [0.1, 0.15) is 23.8 Å². The summed E-state index contributed by atoms with van der Waals surface area (Å²) in [6, 6.07) is 11.1. The number of carbonyl (C=O) groups excluding carboxylic acids is 1. The molecule has 1 atom stereocenters. The van der Waals surface area contributed by atoms with Crippen molar-refractivity contribution in [2.45, 2.75) is 19.3 Å². The third-order valence-corrected chi connectivity index (χ3v) is 4.68. The van der Waals surface area contributed by atoms with Crippen LogP contribution in [-0.2, 0) is 4.79 Å². The molecule has 3 heterocycles. The number of hydrogen-bond acceptors (Lipinski definition) is 5. The van der Waals surface area contributed by atoms with Gasteiger partial charge < -0.3 is 9.42 Å². The fourth-order valence-corrected chi connectivity index (χ4v) is 3.05. The van der Waals surface area contributed by atoms with Gasteiger partial charge in [0, 0.05) is 29.9 Å². The van der Waals surface area contributed by atoms with Crippen molar-refractivity contribution in [3.8, 4) is 11.5 Å². The zero-order valence-electron chi connectivity index (χ0n) is 13.5. The fraction of sp³-hybridized carbons (Fsp3) is 0.222. The lowest BCUT2D eigenvalue weighted by atomic mass is 10.1. The van der Waals surface area contributed by atoms with Crippen molar-refractivity contribution in [3.05, 3.63) is 59.1 Å². The SMILES string of the molecule is Cc1ccc(N2CC(c3nc(-c4ccccn4)no3)CC2=O)cc1Cl. The molecule has 25 heavy (non-hydrogen) atoms. The molecule has 1 amide bonds. The van der Waals surface area contributed by atoms with Gasteiger partial charge in [0.15, 0.2) is 0 Å². The first-order chi connectivity index (χ1) is 12.1. The first kappa shape index (κ1) is 15.8. The van der Waals surface area contributed by atoms with E-state index in [0.29, 0.717) is 35.4 Å². The summed E-state index contributed by atoms with van der Waals surface area (Å²) in [6.45, 7) is 2.42. The lowest BCUT2D eigenvalue weighted by Crippen LogP contribution is -2.24. The van der Waals surface area contributed by atoms with Gasteiger partial charge in [-0.1, -0.05) is 28.9 Å². The Labute approximate surface area is 149 Å². The van der Waals surface area contributed by atoms with Crippen molar-refractivity contribution in [3.63, 3.8) is 0 Å². The van der Waals surface area contributed by atoms with E-state index in [1.165, 1.54) is 0 Å². The van der Waals surface area contributed by atoms with Crippen LogP contribution in [0.5, 0.6) is 0 Å². The predicted octanol–water partition coefficient (Wildman–Crippen LogP) is 3.61. The molecule has 0 saturated carbocycles. The molecule has 1 aromatic carbocycles.